The number of nitrogen functional groups attached to an aromatic ring is 1. The van der Waals surface area contributed by atoms with E-state index in [0.29, 0.717) is 0 Å². The van der Waals surface area contributed by atoms with E-state index < -0.39 is 0 Å². The maximum atomic E-state index is 7.50. The van der Waals surface area contributed by atoms with Crippen molar-refractivity contribution >= 4 is 22.9 Å². The molecule has 1 aromatic heterocycles. The van der Waals surface area contributed by atoms with Crippen LogP contribution in [0.4, 0.5) is 5.69 Å². The summed E-state index contributed by atoms with van der Waals surface area (Å²) in [7, 11) is 2.09. The fourth-order valence-electron chi connectivity index (χ4n) is 2.05. The quantitative estimate of drug-likeness (QED) is 0.650. The number of anilines is 1. The first kappa shape index (κ1) is 13.6. The highest BCUT2D eigenvalue weighted by Crippen LogP contribution is 2.19. The monoisotopic (exact) mass is 273 g/mol. The lowest BCUT2D eigenvalue weighted by atomic mass is 10.1. The summed E-state index contributed by atoms with van der Waals surface area (Å²) in [6.07, 6.45) is 1.06. The van der Waals surface area contributed by atoms with Gasteiger partial charge in [-0.1, -0.05) is 6.07 Å². The summed E-state index contributed by atoms with van der Waals surface area (Å²) in [4.78, 5) is 3.64. The number of nitrogens with one attached hydrogen (secondary N) is 1. The van der Waals surface area contributed by atoms with Crippen LogP contribution in [0.5, 0.6) is 0 Å². The molecule has 0 spiro atoms. The topological polar surface area (TPSA) is 53.1 Å². The highest BCUT2D eigenvalue weighted by atomic mass is 32.1. The molecule has 0 fully saturated rings. The van der Waals surface area contributed by atoms with Gasteiger partial charge in [0.15, 0.2) is 0 Å². The second-order valence-corrected chi connectivity index (χ2v) is 5.70. The lowest BCUT2D eigenvalue weighted by molar-refractivity contribution is 0.886. The Morgan fingerprint density at radius 2 is 2.16 bits per heavy atom. The van der Waals surface area contributed by atoms with Crippen molar-refractivity contribution in [3.63, 3.8) is 0 Å². The van der Waals surface area contributed by atoms with Crippen molar-refractivity contribution in [2.45, 2.75) is 13.3 Å². The first-order valence-corrected chi connectivity index (χ1v) is 7.14. The third-order valence-corrected chi connectivity index (χ3v) is 4.15. The van der Waals surface area contributed by atoms with E-state index in [1.807, 2.05) is 19.1 Å². The fourth-order valence-corrected chi connectivity index (χ4v) is 2.75. The molecule has 0 atom stereocenters. The molecule has 0 bridgehead atoms. The van der Waals surface area contributed by atoms with Crippen molar-refractivity contribution in [2.75, 3.05) is 18.5 Å². The van der Waals surface area contributed by atoms with Crippen LogP contribution in [0, 0.1) is 12.3 Å². The fraction of sp³-hybridized carbons (Fsp3) is 0.267. The number of hydrogen-bond acceptors (Lipinski definition) is 3. The summed E-state index contributed by atoms with van der Waals surface area (Å²) in [5.41, 5.74) is 8.56. The van der Waals surface area contributed by atoms with Gasteiger partial charge in [0.1, 0.15) is 5.84 Å². The number of nitrogens with zero attached hydrogens (tertiary/aromatic N) is 1. The van der Waals surface area contributed by atoms with Gasteiger partial charge in [-0.15, -0.1) is 11.3 Å². The molecule has 0 amide bonds. The Bertz CT molecular complexity index is 561. The molecule has 2 aromatic rings. The van der Waals surface area contributed by atoms with Crippen LogP contribution >= 0.6 is 11.3 Å². The lowest BCUT2D eigenvalue weighted by Gasteiger charge is -2.20. The van der Waals surface area contributed by atoms with Crippen LogP contribution < -0.4 is 10.6 Å². The third-order valence-electron chi connectivity index (χ3n) is 3.21. The van der Waals surface area contributed by atoms with E-state index in [9.17, 15) is 0 Å². The van der Waals surface area contributed by atoms with Crippen LogP contribution in [0.1, 0.15) is 16.0 Å². The van der Waals surface area contributed by atoms with Gasteiger partial charge >= 0.3 is 0 Å². The summed E-state index contributed by atoms with van der Waals surface area (Å²) in [5.74, 6) is 0.130. The molecular weight excluding hydrogens is 254 g/mol. The second kappa shape index (κ2) is 5.89. The second-order valence-electron chi connectivity index (χ2n) is 4.66. The van der Waals surface area contributed by atoms with Crippen molar-refractivity contribution < 1.29 is 0 Å². The Balaban J connectivity index is 2.05. The standard InChI is InChI=1S/C15H19N3S/c1-11-10-12(5-6-14(11)15(16)17)18(2)8-7-13-4-3-9-19-13/h3-6,9-10H,7-8H2,1-2H3,(H3,16,17). The van der Waals surface area contributed by atoms with Gasteiger partial charge in [-0.25, -0.2) is 0 Å². The molecule has 0 aliphatic heterocycles. The molecule has 1 aromatic carbocycles. The Hall–Kier alpha value is -1.81. The van der Waals surface area contributed by atoms with E-state index >= 15 is 0 Å². The van der Waals surface area contributed by atoms with Gasteiger partial charge in [0.25, 0.3) is 0 Å². The molecule has 1 heterocycles. The zero-order chi connectivity index (χ0) is 13.8. The van der Waals surface area contributed by atoms with Gasteiger partial charge in [0.05, 0.1) is 0 Å². The zero-order valence-electron chi connectivity index (χ0n) is 11.3. The summed E-state index contributed by atoms with van der Waals surface area (Å²) in [5, 5.41) is 9.61. The molecule has 0 unspecified atom stereocenters. The van der Waals surface area contributed by atoms with Gasteiger partial charge in [-0.2, -0.15) is 0 Å². The maximum Gasteiger partial charge on any atom is 0.123 e. The van der Waals surface area contributed by atoms with Crippen LogP contribution in [0.25, 0.3) is 0 Å². The molecule has 3 nitrogen and oxygen atoms in total. The number of aryl methyl sites for hydroxylation is 1. The number of thiophene rings is 1. The van der Waals surface area contributed by atoms with Crippen molar-refractivity contribution in [1.29, 1.82) is 5.41 Å². The molecule has 0 radical (unpaired) electrons. The van der Waals surface area contributed by atoms with Gasteiger partial charge in [0, 0.05) is 29.7 Å². The van der Waals surface area contributed by atoms with Crippen molar-refractivity contribution in [1.82, 2.24) is 0 Å². The van der Waals surface area contributed by atoms with Gasteiger partial charge in [-0.3, -0.25) is 5.41 Å². The average Bonchev–Trinajstić information content (AvgIpc) is 2.88. The van der Waals surface area contributed by atoms with Crippen molar-refractivity contribution in [3.05, 3.63) is 51.7 Å². The van der Waals surface area contributed by atoms with Crippen LogP contribution in [-0.4, -0.2) is 19.4 Å². The number of amidine groups is 1. The molecule has 19 heavy (non-hydrogen) atoms. The van der Waals surface area contributed by atoms with E-state index in [1.165, 1.54) is 10.6 Å². The van der Waals surface area contributed by atoms with Crippen LogP contribution in [-0.2, 0) is 6.42 Å². The Morgan fingerprint density at radius 1 is 1.37 bits per heavy atom. The van der Waals surface area contributed by atoms with E-state index in [4.69, 9.17) is 11.1 Å². The van der Waals surface area contributed by atoms with Crippen molar-refractivity contribution in [2.24, 2.45) is 5.73 Å². The highest BCUT2D eigenvalue weighted by Gasteiger charge is 2.06. The largest absolute Gasteiger partial charge is 0.384 e. The molecule has 0 aliphatic rings. The van der Waals surface area contributed by atoms with Gasteiger partial charge in [-0.05, 0) is 48.6 Å². The molecule has 0 aliphatic carbocycles. The minimum Gasteiger partial charge on any atom is -0.384 e. The number of benzene rings is 1. The number of rotatable bonds is 5. The summed E-state index contributed by atoms with van der Waals surface area (Å²) in [6, 6.07) is 10.3. The summed E-state index contributed by atoms with van der Waals surface area (Å²) >= 11 is 1.80. The number of likely N-dealkylation sites (N-methyl/N-ethyl adjacent to an activating group) is 1. The first-order valence-electron chi connectivity index (χ1n) is 6.26. The van der Waals surface area contributed by atoms with Crippen LogP contribution in [0.15, 0.2) is 35.7 Å². The van der Waals surface area contributed by atoms with Crippen LogP contribution in [0.3, 0.4) is 0 Å². The van der Waals surface area contributed by atoms with E-state index in [1.54, 1.807) is 11.3 Å². The molecule has 2 rings (SSSR count). The molecule has 4 heteroatoms. The first-order chi connectivity index (χ1) is 9.08. The minimum absolute atomic E-state index is 0.130. The smallest absolute Gasteiger partial charge is 0.123 e. The Morgan fingerprint density at radius 3 is 2.74 bits per heavy atom. The SMILES string of the molecule is Cc1cc(N(C)CCc2cccs2)ccc1C(=N)N. The molecule has 3 N–H and O–H groups in total. The molecule has 0 saturated carbocycles. The van der Waals surface area contributed by atoms with Crippen LogP contribution in [0.2, 0.25) is 0 Å². The Kier molecular flexibility index (Phi) is 4.22. The predicted molar refractivity (Wildman–Crippen MR) is 83.5 cm³/mol. The lowest BCUT2D eigenvalue weighted by Crippen LogP contribution is -2.20. The molecular formula is C15H19N3S. The third kappa shape index (κ3) is 3.35. The molecule has 100 valence electrons. The number of nitrogens with two attached hydrogens (primary N) is 1. The summed E-state index contributed by atoms with van der Waals surface area (Å²) in [6.45, 7) is 2.98. The van der Waals surface area contributed by atoms with Gasteiger partial charge < -0.3 is 10.6 Å². The highest BCUT2D eigenvalue weighted by molar-refractivity contribution is 7.09. The minimum atomic E-state index is 0.130. The summed E-state index contributed by atoms with van der Waals surface area (Å²) < 4.78 is 0. The van der Waals surface area contributed by atoms with E-state index in [-0.39, 0.29) is 5.84 Å². The van der Waals surface area contributed by atoms with Crippen molar-refractivity contribution in [3.8, 4) is 0 Å². The molecule has 0 saturated heterocycles. The van der Waals surface area contributed by atoms with E-state index in [2.05, 4.69) is 35.5 Å². The Labute approximate surface area is 118 Å². The average molecular weight is 273 g/mol. The van der Waals surface area contributed by atoms with E-state index in [0.717, 1.165) is 24.1 Å². The predicted octanol–water partition coefficient (Wildman–Crippen LogP) is 3.02. The maximum absolute atomic E-state index is 7.50. The number of hydrogen-bond donors (Lipinski definition) is 2. The normalized spacial score (nSPS) is 10.4. The zero-order valence-corrected chi connectivity index (χ0v) is 12.1. The van der Waals surface area contributed by atoms with Gasteiger partial charge in [0.2, 0.25) is 0 Å².